The second kappa shape index (κ2) is 8.00. The highest BCUT2D eigenvalue weighted by Gasteiger charge is 2.36. The molecule has 0 saturated heterocycles. The monoisotopic (exact) mass is 484 g/mol. The zero-order chi connectivity index (χ0) is 20.6. The highest BCUT2D eigenvalue weighted by molar-refractivity contribution is 9.10. The van der Waals surface area contributed by atoms with Crippen LogP contribution in [0.4, 0.5) is 13.2 Å². The molecule has 2 heterocycles. The van der Waals surface area contributed by atoms with Gasteiger partial charge in [-0.05, 0) is 83.0 Å². The first-order valence-electron chi connectivity index (χ1n) is 8.82. The van der Waals surface area contributed by atoms with Crippen molar-refractivity contribution in [2.24, 2.45) is 5.92 Å². The maximum absolute atomic E-state index is 12.7. The Balaban J connectivity index is 1.57. The van der Waals surface area contributed by atoms with Gasteiger partial charge >= 0.3 is 6.18 Å². The largest absolute Gasteiger partial charge is 0.416 e. The van der Waals surface area contributed by atoms with Crippen LogP contribution in [0.1, 0.15) is 30.0 Å². The molecule has 1 aliphatic rings. The molecule has 2 N–H and O–H groups in total. The quantitative estimate of drug-likeness (QED) is 0.266. The number of hydrogen-bond acceptors (Lipinski definition) is 5. The van der Waals surface area contributed by atoms with Crippen molar-refractivity contribution in [1.29, 1.82) is 0 Å². The van der Waals surface area contributed by atoms with E-state index >= 15 is 0 Å². The highest BCUT2D eigenvalue weighted by atomic mass is 79.9. The normalized spacial score (nSPS) is 15.4. The molecule has 0 radical (unpaired) electrons. The van der Waals surface area contributed by atoms with Gasteiger partial charge in [0.05, 0.1) is 11.8 Å². The molecule has 10 heteroatoms. The van der Waals surface area contributed by atoms with Crippen molar-refractivity contribution in [2.45, 2.75) is 30.0 Å². The van der Waals surface area contributed by atoms with Crippen LogP contribution in [0.3, 0.4) is 0 Å². The predicted molar refractivity (Wildman–Crippen MR) is 106 cm³/mol. The Morgan fingerprint density at radius 1 is 1.21 bits per heavy atom. The lowest BCUT2D eigenvalue weighted by atomic mass is 10.0. The summed E-state index contributed by atoms with van der Waals surface area (Å²) in [5.41, 5.74) is 1.49. The van der Waals surface area contributed by atoms with Gasteiger partial charge in [0.2, 0.25) is 0 Å². The molecule has 29 heavy (non-hydrogen) atoms. The second-order valence-electron chi connectivity index (χ2n) is 6.75. The molecule has 0 amide bonds. The van der Waals surface area contributed by atoms with Crippen molar-refractivity contribution in [3.63, 3.8) is 0 Å². The lowest BCUT2D eigenvalue weighted by molar-refractivity contribution is -0.137. The molecule has 1 fully saturated rings. The molecule has 1 atom stereocenters. The van der Waals surface area contributed by atoms with Gasteiger partial charge in [0, 0.05) is 28.3 Å². The number of pyridine rings is 1. The van der Waals surface area contributed by atoms with E-state index in [4.69, 9.17) is 0 Å². The van der Waals surface area contributed by atoms with E-state index in [-0.39, 0.29) is 6.04 Å². The minimum Gasteiger partial charge on any atom is -0.412 e. The van der Waals surface area contributed by atoms with Crippen molar-refractivity contribution >= 4 is 27.9 Å². The van der Waals surface area contributed by atoms with Crippen molar-refractivity contribution in [2.75, 3.05) is 0 Å². The second-order valence-corrected chi connectivity index (χ2v) is 8.41. The van der Waals surface area contributed by atoms with E-state index in [1.54, 1.807) is 18.5 Å². The van der Waals surface area contributed by atoms with Crippen molar-refractivity contribution in [3.05, 3.63) is 64.5 Å². The van der Waals surface area contributed by atoms with Gasteiger partial charge in [0.1, 0.15) is 10.3 Å². The van der Waals surface area contributed by atoms with Crippen molar-refractivity contribution < 1.29 is 18.4 Å². The van der Waals surface area contributed by atoms with Gasteiger partial charge in [-0.3, -0.25) is 4.72 Å². The standard InChI is InChI=1S/C19H16BrF3N4OS/c20-18-14(2-1-9-24-18)17-15(10-27(28)25-17)16(11-3-4-11)26-29-13-7-5-12(6-8-13)19(21,22)23/h1-2,5-11,16,26,28H,3-4H2. The molecule has 0 spiro atoms. The van der Waals surface area contributed by atoms with Crippen LogP contribution in [0.25, 0.3) is 11.3 Å². The van der Waals surface area contributed by atoms with Gasteiger partial charge in [0.15, 0.2) is 0 Å². The van der Waals surface area contributed by atoms with Crippen LogP contribution in [0, 0.1) is 5.92 Å². The smallest absolute Gasteiger partial charge is 0.412 e. The van der Waals surface area contributed by atoms with Crippen LogP contribution >= 0.6 is 27.9 Å². The summed E-state index contributed by atoms with van der Waals surface area (Å²) in [6, 6.07) is 8.55. The van der Waals surface area contributed by atoms with E-state index in [1.807, 2.05) is 6.07 Å². The Hall–Kier alpha value is -2.04. The molecule has 2 aromatic heterocycles. The summed E-state index contributed by atoms with van der Waals surface area (Å²) in [7, 11) is 0. The van der Waals surface area contributed by atoms with Gasteiger partial charge < -0.3 is 5.21 Å². The number of aromatic nitrogens is 3. The van der Waals surface area contributed by atoms with Crippen LogP contribution in [0.5, 0.6) is 0 Å². The fraction of sp³-hybridized carbons (Fsp3) is 0.263. The maximum atomic E-state index is 12.7. The van der Waals surface area contributed by atoms with Crippen molar-refractivity contribution in [1.82, 2.24) is 19.6 Å². The van der Waals surface area contributed by atoms with E-state index < -0.39 is 11.7 Å². The molecule has 1 saturated carbocycles. The fourth-order valence-corrected chi connectivity index (χ4v) is 4.35. The summed E-state index contributed by atoms with van der Waals surface area (Å²) in [6.07, 6.45) is 0.901. The SMILES string of the molecule is On1cc(C(NSc2ccc(C(F)(F)F)cc2)C2CC2)c(-c2cccnc2Br)n1. The first-order valence-corrected chi connectivity index (χ1v) is 10.4. The van der Waals surface area contributed by atoms with E-state index in [1.165, 1.54) is 24.1 Å². The molecule has 3 aromatic rings. The first kappa shape index (κ1) is 20.2. The van der Waals surface area contributed by atoms with Crippen LogP contribution in [-0.2, 0) is 6.18 Å². The number of hydrogen-bond donors (Lipinski definition) is 2. The summed E-state index contributed by atoms with van der Waals surface area (Å²) < 4.78 is 42.2. The molecule has 1 aromatic carbocycles. The van der Waals surface area contributed by atoms with Crippen LogP contribution in [0.15, 0.2) is 58.3 Å². The third-order valence-corrected chi connectivity index (χ3v) is 6.17. The lowest BCUT2D eigenvalue weighted by Crippen LogP contribution is -2.17. The van der Waals surface area contributed by atoms with Crippen molar-refractivity contribution in [3.8, 4) is 11.3 Å². The highest BCUT2D eigenvalue weighted by Crippen LogP contribution is 2.45. The summed E-state index contributed by atoms with van der Waals surface area (Å²) in [4.78, 5) is 5.67. The van der Waals surface area contributed by atoms with E-state index in [0.29, 0.717) is 21.1 Å². The molecule has 0 aliphatic heterocycles. The average molecular weight is 485 g/mol. The van der Waals surface area contributed by atoms with Gasteiger partial charge in [-0.25, -0.2) is 4.98 Å². The number of nitrogens with one attached hydrogen (secondary N) is 1. The number of benzene rings is 1. The Morgan fingerprint density at radius 2 is 1.93 bits per heavy atom. The third kappa shape index (κ3) is 4.59. The lowest BCUT2D eigenvalue weighted by Gasteiger charge is -2.18. The number of nitrogens with zero attached hydrogens (tertiary/aromatic N) is 3. The Morgan fingerprint density at radius 3 is 2.55 bits per heavy atom. The van der Waals surface area contributed by atoms with Crippen LogP contribution in [-0.4, -0.2) is 20.1 Å². The maximum Gasteiger partial charge on any atom is 0.416 e. The van der Waals surface area contributed by atoms with E-state index in [0.717, 1.165) is 40.9 Å². The fourth-order valence-electron chi connectivity index (χ4n) is 3.06. The Labute approximate surface area is 177 Å². The molecule has 1 unspecified atom stereocenters. The molecule has 0 bridgehead atoms. The minimum absolute atomic E-state index is 0.120. The molecule has 152 valence electrons. The molecular weight excluding hydrogens is 469 g/mol. The number of alkyl halides is 3. The van der Waals surface area contributed by atoms with E-state index in [2.05, 4.69) is 30.7 Å². The zero-order valence-electron chi connectivity index (χ0n) is 14.9. The molecule has 4 rings (SSSR count). The number of halogens is 4. The average Bonchev–Trinajstić information content (AvgIpc) is 3.44. The predicted octanol–water partition coefficient (Wildman–Crippen LogP) is 5.71. The minimum atomic E-state index is -4.35. The van der Waals surface area contributed by atoms with Crippen LogP contribution in [0.2, 0.25) is 0 Å². The van der Waals surface area contributed by atoms with Crippen LogP contribution < -0.4 is 4.72 Å². The van der Waals surface area contributed by atoms with E-state index in [9.17, 15) is 18.4 Å². The topological polar surface area (TPSA) is 63.0 Å². The Bertz CT molecular complexity index is 1010. The molecule has 1 aliphatic carbocycles. The zero-order valence-corrected chi connectivity index (χ0v) is 17.3. The van der Waals surface area contributed by atoms with Gasteiger partial charge in [-0.1, -0.05) is 0 Å². The van der Waals surface area contributed by atoms with Gasteiger partial charge in [-0.2, -0.15) is 13.2 Å². The summed E-state index contributed by atoms with van der Waals surface area (Å²) in [5.74, 6) is 0.357. The summed E-state index contributed by atoms with van der Waals surface area (Å²) in [6.45, 7) is 0. The molecule has 5 nitrogen and oxygen atoms in total. The first-order chi connectivity index (χ1) is 13.8. The third-order valence-electron chi connectivity index (χ3n) is 4.66. The van der Waals surface area contributed by atoms with Gasteiger partial charge in [-0.15, -0.1) is 9.94 Å². The molecular formula is C19H16BrF3N4OS. The number of rotatable bonds is 6. The Kier molecular flexibility index (Phi) is 5.58. The van der Waals surface area contributed by atoms with Gasteiger partial charge in [0.25, 0.3) is 0 Å². The summed E-state index contributed by atoms with van der Waals surface area (Å²) in [5, 5.41) is 14.2. The summed E-state index contributed by atoms with van der Waals surface area (Å²) >= 11 is 4.68.